The molecule has 25 heavy (non-hydrogen) atoms. The fourth-order valence-electron chi connectivity index (χ4n) is 1.87. The van der Waals surface area contributed by atoms with Gasteiger partial charge in [0.05, 0.1) is 0 Å². The van der Waals surface area contributed by atoms with Crippen LogP contribution in [0.1, 0.15) is 80.1 Å². The zero-order valence-corrected chi connectivity index (χ0v) is 19.0. The maximum absolute atomic E-state index is 10.1. The van der Waals surface area contributed by atoms with Gasteiger partial charge in [-0.1, -0.05) is 41.5 Å². The first-order valence-electron chi connectivity index (χ1n) is 8.78. The maximum Gasteiger partial charge on any atom is 3.00 e. The number of rotatable bonds is 9. The van der Waals surface area contributed by atoms with Gasteiger partial charge in [0.15, 0.2) is 0 Å². The molecule has 7 heteroatoms. The van der Waals surface area contributed by atoms with Gasteiger partial charge in [-0.25, -0.2) is 0 Å². The van der Waals surface area contributed by atoms with E-state index in [0.717, 1.165) is 0 Å². The summed E-state index contributed by atoms with van der Waals surface area (Å²) in [5.74, 6) is -3.49. The number of carbonyl (C=O) groups is 3. The Morgan fingerprint density at radius 3 is 0.640 bits per heavy atom. The van der Waals surface area contributed by atoms with Crippen molar-refractivity contribution in [3.63, 3.8) is 0 Å². The van der Waals surface area contributed by atoms with Gasteiger partial charge in [-0.15, -0.1) is 0 Å². The minimum Gasteiger partial charge on any atom is -0.550 e. The van der Waals surface area contributed by atoms with Crippen LogP contribution >= 0.6 is 0 Å². The van der Waals surface area contributed by atoms with E-state index in [2.05, 4.69) is 0 Å². The Labute approximate surface area is 184 Å². The third-order valence-corrected chi connectivity index (χ3v) is 3.96. The van der Waals surface area contributed by atoms with E-state index >= 15 is 0 Å². The van der Waals surface area contributed by atoms with Gasteiger partial charge in [-0.05, 0) is 56.3 Å². The van der Waals surface area contributed by atoms with Crippen LogP contribution in [0.15, 0.2) is 0 Å². The SMILES string of the molecule is CCC(CC)C(=O)[O-].CCC(CC)C(=O)[O-].CCC(CC)C(=O)[O-].[Sm+3]. The molecule has 0 aliphatic heterocycles. The minimum atomic E-state index is -0.921. The Kier molecular flexibility index (Phi) is 28.3. The van der Waals surface area contributed by atoms with Crippen molar-refractivity contribution in [3.05, 3.63) is 0 Å². The van der Waals surface area contributed by atoms with Crippen molar-refractivity contribution >= 4 is 17.9 Å². The molecule has 0 aromatic rings. The first kappa shape index (κ1) is 32.4. The largest absolute Gasteiger partial charge is 3.00 e. The van der Waals surface area contributed by atoms with Crippen molar-refractivity contribution in [1.82, 2.24) is 0 Å². The molecule has 0 aromatic heterocycles. The Balaban J connectivity index is -0.000000130. The normalized spacial score (nSPS) is 9.48. The van der Waals surface area contributed by atoms with E-state index < -0.39 is 17.9 Å². The maximum atomic E-state index is 10.1. The molecule has 0 heterocycles. The first-order chi connectivity index (χ1) is 11.2. The molecule has 1 radical (unpaired) electrons. The summed E-state index contributed by atoms with van der Waals surface area (Å²) in [7, 11) is 0. The summed E-state index contributed by atoms with van der Waals surface area (Å²) < 4.78 is 0. The van der Waals surface area contributed by atoms with Crippen molar-refractivity contribution < 1.29 is 70.1 Å². The summed E-state index contributed by atoms with van der Waals surface area (Å²) in [6, 6.07) is 0. The van der Waals surface area contributed by atoms with Crippen LogP contribution in [0.5, 0.6) is 0 Å². The van der Waals surface area contributed by atoms with Gasteiger partial charge in [-0.3, -0.25) is 0 Å². The van der Waals surface area contributed by atoms with Gasteiger partial charge >= 0.3 is 40.4 Å². The molecular weight excluding hydrogens is 463 g/mol. The van der Waals surface area contributed by atoms with Crippen LogP contribution in [0.2, 0.25) is 0 Å². The molecule has 0 fully saturated rings. The number of carboxylic acid groups (broad SMARTS) is 3. The molecule has 0 aliphatic carbocycles. The average Bonchev–Trinajstić information content (AvgIpc) is 2.51. The Bertz CT molecular complexity index is 282. The van der Waals surface area contributed by atoms with E-state index in [1.165, 1.54) is 0 Å². The number of aliphatic carboxylic acids is 3. The zero-order valence-electron chi connectivity index (χ0n) is 16.3. The van der Waals surface area contributed by atoms with Crippen molar-refractivity contribution in [2.75, 3.05) is 0 Å². The van der Waals surface area contributed by atoms with E-state index in [-0.39, 0.29) is 58.1 Å². The van der Waals surface area contributed by atoms with Crippen LogP contribution in [-0.4, -0.2) is 17.9 Å². The average molecular weight is 496 g/mol. The summed E-state index contributed by atoms with van der Waals surface area (Å²) in [6.07, 6.45) is 4.08. The summed E-state index contributed by atoms with van der Waals surface area (Å²) in [5, 5.41) is 30.2. The van der Waals surface area contributed by atoms with Gasteiger partial charge in [0, 0.05) is 17.9 Å². The number of carbonyl (C=O) groups excluding carboxylic acids is 3. The molecule has 0 bridgehead atoms. The summed E-state index contributed by atoms with van der Waals surface area (Å²) in [5.41, 5.74) is 0. The second-order valence-corrected chi connectivity index (χ2v) is 5.50. The predicted octanol–water partition coefficient (Wildman–Crippen LogP) is 0.518. The molecule has 0 N–H and O–H groups in total. The summed E-state index contributed by atoms with van der Waals surface area (Å²) in [4.78, 5) is 30.2. The number of hydrogen-bond acceptors (Lipinski definition) is 6. The van der Waals surface area contributed by atoms with Crippen molar-refractivity contribution in [3.8, 4) is 0 Å². The van der Waals surface area contributed by atoms with Crippen LogP contribution < -0.4 is 15.3 Å². The Morgan fingerprint density at radius 1 is 0.520 bits per heavy atom. The molecule has 0 spiro atoms. The van der Waals surface area contributed by atoms with Gasteiger partial charge < -0.3 is 29.7 Å². The van der Waals surface area contributed by atoms with Gasteiger partial charge in [0.2, 0.25) is 0 Å². The topological polar surface area (TPSA) is 120 Å². The molecule has 147 valence electrons. The monoisotopic (exact) mass is 497 g/mol. The smallest absolute Gasteiger partial charge is 0.550 e. The Hall–Kier alpha value is -0.252. The molecule has 0 aliphatic rings. The Morgan fingerprint density at radius 2 is 0.640 bits per heavy atom. The zero-order chi connectivity index (χ0) is 19.7. The van der Waals surface area contributed by atoms with Crippen molar-refractivity contribution in [2.24, 2.45) is 17.8 Å². The molecule has 0 atom stereocenters. The second-order valence-electron chi connectivity index (χ2n) is 5.50. The molecule has 0 saturated carbocycles. The van der Waals surface area contributed by atoms with Crippen LogP contribution in [0, 0.1) is 58.1 Å². The minimum absolute atomic E-state index is 0. The number of hydrogen-bond donors (Lipinski definition) is 0. The molecular formula is C18H33O6Sm. The second kappa shape index (κ2) is 21.8. The van der Waals surface area contributed by atoms with E-state index in [9.17, 15) is 29.7 Å². The van der Waals surface area contributed by atoms with Crippen LogP contribution in [0.4, 0.5) is 0 Å². The van der Waals surface area contributed by atoms with Crippen LogP contribution in [0.25, 0.3) is 0 Å². The molecule has 0 amide bonds. The molecule has 0 rings (SSSR count). The van der Waals surface area contributed by atoms with Gasteiger partial charge in [0.1, 0.15) is 0 Å². The molecule has 6 nitrogen and oxygen atoms in total. The van der Waals surface area contributed by atoms with Gasteiger partial charge in [0.25, 0.3) is 0 Å². The molecule has 0 aromatic carbocycles. The van der Waals surface area contributed by atoms with E-state index in [4.69, 9.17) is 0 Å². The first-order valence-corrected chi connectivity index (χ1v) is 8.78. The third kappa shape index (κ3) is 19.9. The molecule has 0 unspecified atom stereocenters. The molecule has 0 saturated heterocycles. The van der Waals surface area contributed by atoms with Crippen LogP contribution in [0.3, 0.4) is 0 Å². The van der Waals surface area contributed by atoms with Crippen molar-refractivity contribution in [2.45, 2.75) is 80.1 Å². The fraction of sp³-hybridized carbons (Fsp3) is 0.833. The number of carboxylic acids is 3. The van der Waals surface area contributed by atoms with E-state index in [1.54, 1.807) is 0 Å². The quantitative estimate of drug-likeness (QED) is 0.460. The summed E-state index contributed by atoms with van der Waals surface area (Å²) in [6.45, 7) is 11.1. The fourth-order valence-corrected chi connectivity index (χ4v) is 1.87. The van der Waals surface area contributed by atoms with Crippen LogP contribution in [-0.2, 0) is 14.4 Å². The third-order valence-electron chi connectivity index (χ3n) is 3.96. The van der Waals surface area contributed by atoms with Crippen molar-refractivity contribution in [1.29, 1.82) is 0 Å². The van der Waals surface area contributed by atoms with E-state index in [0.29, 0.717) is 38.5 Å². The predicted molar refractivity (Wildman–Crippen MR) is 87.2 cm³/mol. The van der Waals surface area contributed by atoms with E-state index in [1.807, 2.05) is 41.5 Å². The van der Waals surface area contributed by atoms with Gasteiger partial charge in [-0.2, -0.15) is 0 Å². The summed E-state index contributed by atoms with van der Waals surface area (Å²) >= 11 is 0. The standard InChI is InChI=1S/3C6H12O2.Sm/c3*1-3-5(4-2)6(7)8;/h3*5H,3-4H2,1-2H3,(H,7,8);/q;;;+3/p-3.